The number of ether oxygens (including phenoxy) is 3. The number of halogens is 14. The molecule has 0 radical (unpaired) electrons. The quantitative estimate of drug-likeness (QED) is 0.285. The molecule has 7 nitrogen and oxygen atoms in total. The summed E-state index contributed by atoms with van der Waals surface area (Å²) >= 11 is 0. The average Bonchev–Trinajstić information content (AvgIpc) is 3.36. The Morgan fingerprint density at radius 3 is 0.844 bits per heavy atom. The van der Waals surface area contributed by atoms with Gasteiger partial charge in [-0.1, -0.05) is 15.5 Å². The predicted molar refractivity (Wildman–Crippen MR) is 74.0 cm³/mol. The molecule has 2 aliphatic rings. The van der Waals surface area contributed by atoms with Crippen LogP contribution < -0.4 is 0 Å². The molecule has 2 saturated heterocycles. The van der Waals surface area contributed by atoms with Gasteiger partial charge in [-0.05, 0) is 0 Å². The maximum absolute atomic E-state index is 11.3. The molecule has 0 N–H and O–H groups in total. The summed E-state index contributed by atoms with van der Waals surface area (Å²) in [5, 5.41) is 0. The fourth-order valence-corrected chi connectivity index (χ4v) is 0.197. The van der Waals surface area contributed by atoms with Crippen molar-refractivity contribution in [3.8, 4) is 0 Å². The van der Waals surface area contributed by atoms with Crippen LogP contribution in [0.4, 0.5) is 59.4 Å². The van der Waals surface area contributed by atoms with Crippen LogP contribution in [-0.4, -0.2) is 75.3 Å². The van der Waals surface area contributed by atoms with Crippen molar-refractivity contribution >= 4 is 21.2 Å². The highest BCUT2D eigenvalue weighted by molar-refractivity contribution is 7.81. The topological polar surface area (TPSA) is 103 Å². The molecule has 23 heteroatoms. The van der Waals surface area contributed by atoms with Gasteiger partial charge in [0.25, 0.3) is 0 Å². The Hall–Kier alpha value is -1.20. The lowest BCUT2D eigenvalue weighted by Gasteiger charge is -2.14. The van der Waals surface area contributed by atoms with E-state index in [9.17, 15) is 59.4 Å². The van der Waals surface area contributed by atoms with E-state index in [1.807, 2.05) is 0 Å². The van der Waals surface area contributed by atoms with Gasteiger partial charge in [0.1, 0.15) is 0 Å². The zero-order valence-corrected chi connectivity index (χ0v) is 16.3. The third kappa shape index (κ3) is 136. The van der Waals surface area contributed by atoms with Crippen LogP contribution in [0.5, 0.6) is 0 Å². The van der Waals surface area contributed by atoms with E-state index in [0.717, 1.165) is 26.4 Å². The van der Waals surface area contributed by atoms with Gasteiger partial charge in [0.2, 0.25) is 0 Å². The normalized spacial score (nSPS) is 14.7. The van der Waals surface area contributed by atoms with Gasteiger partial charge >= 0.3 is 39.9 Å². The van der Waals surface area contributed by atoms with Crippen LogP contribution in [-0.2, 0) is 35.4 Å². The number of hydrogen-bond acceptors (Lipinski definition) is 7. The molecule has 0 aromatic heterocycles. The standard InChI is InChI=1S/C3H2F6O.C2H2F4.2C2H4O.2F2O2S/c4-1-2(5,6)10-3(7,8)9;3-1-2(4,5)6;2*1-2-3-1;2*1-5(2,3)4/h1H2;1H2;2*1-2H2;;. The van der Waals surface area contributed by atoms with Crippen molar-refractivity contribution < 1.29 is 90.5 Å². The van der Waals surface area contributed by atoms with Crippen molar-refractivity contribution in [3.05, 3.63) is 0 Å². The summed E-state index contributed by atoms with van der Waals surface area (Å²) in [6.45, 7) is -0.723. The molecule has 0 unspecified atom stereocenters. The molecule has 200 valence electrons. The van der Waals surface area contributed by atoms with Gasteiger partial charge in [-0.3, -0.25) is 0 Å². The summed E-state index contributed by atoms with van der Waals surface area (Å²) in [5.41, 5.74) is 0. The third-order valence-electron chi connectivity index (χ3n) is 0.980. The Morgan fingerprint density at radius 2 is 0.812 bits per heavy atom. The first-order valence-corrected chi connectivity index (χ1v) is 9.17. The van der Waals surface area contributed by atoms with E-state index in [-0.39, 0.29) is 0 Å². The SMILES string of the molecule is C1CO1.C1CO1.FCC(F)(F)F.FCC(F)(F)OC(F)(F)F.O=S(=O)(F)F.O=S(=O)(F)F. The van der Waals surface area contributed by atoms with Crippen LogP contribution in [0, 0.1) is 0 Å². The second-order valence-corrected chi connectivity index (χ2v) is 5.56. The van der Waals surface area contributed by atoms with Gasteiger partial charge in [-0.2, -0.15) is 38.8 Å². The molecule has 0 bridgehead atoms. The maximum atomic E-state index is 11.3. The zero-order valence-electron chi connectivity index (χ0n) is 14.7. The van der Waals surface area contributed by atoms with E-state index < -0.39 is 53.2 Å². The Kier molecular flexibility index (Phi) is 20.6. The largest absolute Gasteiger partial charge is 0.527 e. The van der Waals surface area contributed by atoms with Gasteiger partial charge in [-0.15, -0.1) is 13.2 Å². The molecule has 2 heterocycles. The molecule has 0 aromatic rings. The van der Waals surface area contributed by atoms with Crippen LogP contribution >= 0.6 is 0 Å². The number of alkyl halides is 10. The second-order valence-electron chi connectivity index (χ2n) is 4.05. The molecule has 0 saturated carbocycles. The first kappa shape index (κ1) is 38.1. The first-order valence-electron chi connectivity index (χ1n) is 6.60. The Balaban J connectivity index is -0.000000155. The minimum atomic E-state index is -5.67. The van der Waals surface area contributed by atoms with Gasteiger partial charge < -0.3 is 9.47 Å². The summed E-state index contributed by atoms with van der Waals surface area (Å²) in [7, 11) is -11.3. The molecule has 32 heavy (non-hydrogen) atoms. The van der Waals surface area contributed by atoms with Crippen molar-refractivity contribution in [2.75, 3.05) is 39.8 Å². The summed E-state index contributed by atoms with van der Waals surface area (Å²) in [6, 6.07) is 0. The molecule has 0 amide bonds. The van der Waals surface area contributed by atoms with E-state index in [0.29, 0.717) is 0 Å². The summed E-state index contributed by atoms with van der Waals surface area (Å²) in [6.07, 6.45) is -14.9. The fourth-order valence-electron chi connectivity index (χ4n) is 0.197. The molecule has 2 aliphatic heterocycles. The number of rotatable bonds is 2. The Bertz CT molecular complexity index is 585. The zero-order chi connectivity index (χ0) is 26.9. The van der Waals surface area contributed by atoms with E-state index in [4.69, 9.17) is 16.8 Å². The van der Waals surface area contributed by atoms with Crippen LogP contribution in [0.15, 0.2) is 0 Å². The van der Waals surface area contributed by atoms with Crippen LogP contribution in [0.3, 0.4) is 0 Å². The maximum Gasteiger partial charge on any atom is 0.527 e. The molecular formula is C9H12F14O7S2. The highest BCUT2D eigenvalue weighted by atomic mass is 32.3. The van der Waals surface area contributed by atoms with Gasteiger partial charge in [-0.25, -0.2) is 13.5 Å². The monoisotopic (exact) mass is 562 g/mol. The molecule has 0 spiro atoms. The van der Waals surface area contributed by atoms with E-state index in [1.165, 1.54) is 0 Å². The van der Waals surface area contributed by atoms with Gasteiger partial charge in [0.15, 0.2) is 13.3 Å². The lowest BCUT2D eigenvalue weighted by Crippen LogP contribution is -2.31. The second kappa shape index (κ2) is 17.3. The number of hydrogen-bond donors (Lipinski definition) is 0. The number of epoxide rings is 2. The first-order chi connectivity index (χ1) is 13.8. The molecule has 2 fully saturated rings. The van der Waals surface area contributed by atoms with Crippen molar-refractivity contribution in [2.24, 2.45) is 0 Å². The highest BCUT2D eigenvalue weighted by Gasteiger charge is 2.44. The third-order valence-corrected chi connectivity index (χ3v) is 0.980. The molecule has 0 aliphatic carbocycles. The van der Waals surface area contributed by atoms with E-state index in [2.05, 4.69) is 14.2 Å². The molecule has 2 rings (SSSR count). The fraction of sp³-hybridized carbons (Fsp3) is 1.00. The predicted octanol–water partition coefficient (Wildman–Crippen LogP) is 3.98. The minimum Gasteiger partial charge on any atom is -0.377 e. The van der Waals surface area contributed by atoms with Gasteiger partial charge in [0, 0.05) is 0 Å². The molecule has 0 aromatic carbocycles. The molecule has 0 atom stereocenters. The minimum absolute atomic E-state index is 1.00. The lowest BCUT2D eigenvalue weighted by molar-refractivity contribution is -0.426. The summed E-state index contributed by atoms with van der Waals surface area (Å²) in [5.74, 6) is 0. The van der Waals surface area contributed by atoms with Crippen LogP contribution in [0.1, 0.15) is 0 Å². The molecular weight excluding hydrogens is 550 g/mol. The van der Waals surface area contributed by atoms with Gasteiger partial charge in [0.05, 0.1) is 26.4 Å². The van der Waals surface area contributed by atoms with E-state index >= 15 is 0 Å². The lowest BCUT2D eigenvalue weighted by atomic mass is 10.7. The Morgan fingerprint density at radius 1 is 0.625 bits per heavy atom. The van der Waals surface area contributed by atoms with Crippen molar-refractivity contribution in [2.45, 2.75) is 18.6 Å². The Labute approximate surface area is 171 Å². The van der Waals surface area contributed by atoms with Crippen LogP contribution in [0.2, 0.25) is 0 Å². The van der Waals surface area contributed by atoms with Crippen molar-refractivity contribution in [1.82, 2.24) is 0 Å². The average molecular weight is 562 g/mol. The van der Waals surface area contributed by atoms with Crippen LogP contribution in [0.25, 0.3) is 0 Å². The smallest absolute Gasteiger partial charge is 0.377 e. The van der Waals surface area contributed by atoms with Crippen molar-refractivity contribution in [3.63, 3.8) is 0 Å². The summed E-state index contributed by atoms with van der Waals surface area (Å²) < 4.78 is 192. The van der Waals surface area contributed by atoms with Crippen molar-refractivity contribution in [1.29, 1.82) is 0 Å². The van der Waals surface area contributed by atoms with E-state index in [1.54, 1.807) is 0 Å². The highest BCUT2D eigenvalue weighted by Crippen LogP contribution is 2.27. The summed E-state index contributed by atoms with van der Waals surface area (Å²) in [4.78, 5) is 0.